The van der Waals surface area contributed by atoms with Crippen LogP contribution in [0.2, 0.25) is 0 Å². The molecule has 0 aliphatic rings. The number of aryl methyl sites for hydroxylation is 1. The van der Waals surface area contributed by atoms with E-state index in [0.717, 1.165) is 11.1 Å². The van der Waals surface area contributed by atoms with E-state index in [4.69, 9.17) is 9.47 Å². The third-order valence-electron chi connectivity index (χ3n) is 4.48. The monoisotopic (exact) mass is 367 g/mol. The number of methoxy groups -OCH3 is 2. The van der Waals surface area contributed by atoms with Crippen molar-refractivity contribution in [2.75, 3.05) is 14.2 Å². The molecule has 0 spiro atoms. The van der Waals surface area contributed by atoms with Gasteiger partial charge in [-0.25, -0.2) is 0 Å². The molecule has 6 heteroatoms. The Kier molecular flexibility index (Phi) is 5.16. The number of benzene rings is 2. The van der Waals surface area contributed by atoms with Crippen LogP contribution >= 0.6 is 0 Å². The number of hydrogen-bond acceptors (Lipinski definition) is 4. The maximum atomic E-state index is 13.0. The van der Waals surface area contributed by atoms with Gasteiger partial charge in [0.05, 0.1) is 19.7 Å². The lowest BCUT2D eigenvalue weighted by Crippen LogP contribution is -2.19. The normalized spacial score (nSPS) is 10.8. The molecular weight excluding hydrogens is 346 g/mol. The van der Waals surface area contributed by atoms with Crippen molar-refractivity contribution in [1.82, 2.24) is 4.57 Å². The third kappa shape index (κ3) is 3.79. The van der Waals surface area contributed by atoms with Crippen LogP contribution < -0.4 is 14.9 Å². The summed E-state index contributed by atoms with van der Waals surface area (Å²) in [6.07, 6.45) is 1.98. The van der Waals surface area contributed by atoms with E-state index in [1.54, 1.807) is 37.1 Å². The van der Waals surface area contributed by atoms with Gasteiger partial charge in [-0.05, 0) is 36.2 Å². The van der Waals surface area contributed by atoms with Gasteiger partial charge in [0.2, 0.25) is 0 Å². The average Bonchev–Trinajstić information content (AvgIpc) is 2.64. The van der Waals surface area contributed by atoms with E-state index in [-0.39, 0.29) is 12.0 Å². The summed E-state index contributed by atoms with van der Waals surface area (Å²) in [4.78, 5) is 24.3. The Morgan fingerprint density at radius 1 is 1.11 bits per heavy atom. The standard InChI is InChI=1S/C21H21NO5/c1-13-5-4-6-18-20(13)22(12-19(23)24)11-15(21(18)25)7-14-8-16(26-2)10-17(9-14)27-3/h4-6,8-11H,7,12H2,1-3H3,(H,23,24). The third-order valence-corrected chi connectivity index (χ3v) is 4.48. The highest BCUT2D eigenvalue weighted by Gasteiger charge is 2.14. The van der Waals surface area contributed by atoms with Crippen LogP contribution in [0.25, 0.3) is 10.9 Å². The Hall–Kier alpha value is -3.28. The summed E-state index contributed by atoms with van der Waals surface area (Å²) in [5.74, 6) is 0.302. The number of aliphatic carboxylic acids is 1. The molecule has 0 aliphatic heterocycles. The highest BCUT2D eigenvalue weighted by atomic mass is 16.5. The first-order valence-electron chi connectivity index (χ1n) is 8.48. The molecule has 0 atom stereocenters. The second-order valence-corrected chi connectivity index (χ2v) is 6.37. The summed E-state index contributed by atoms with van der Waals surface area (Å²) in [6, 6.07) is 10.8. The first-order chi connectivity index (χ1) is 12.9. The molecule has 0 aliphatic carbocycles. The molecule has 0 bridgehead atoms. The molecule has 0 radical (unpaired) electrons. The van der Waals surface area contributed by atoms with Gasteiger partial charge in [-0.2, -0.15) is 0 Å². The first-order valence-corrected chi connectivity index (χ1v) is 8.48. The van der Waals surface area contributed by atoms with Crippen LogP contribution in [0.5, 0.6) is 11.5 Å². The fraction of sp³-hybridized carbons (Fsp3) is 0.238. The van der Waals surface area contributed by atoms with Crippen LogP contribution in [0.1, 0.15) is 16.7 Å². The number of para-hydroxylation sites is 1. The number of fused-ring (bicyclic) bond motifs is 1. The number of hydrogen-bond donors (Lipinski definition) is 1. The minimum absolute atomic E-state index is 0.0999. The Bertz CT molecular complexity index is 1050. The van der Waals surface area contributed by atoms with Gasteiger partial charge in [0, 0.05) is 29.6 Å². The fourth-order valence-corrected chi connectivity index (χ4v) is 3.29. The Morgan fingerprint density at radius 3 is 2.37 bits per heavy atom. The van der Waals surface area contributed by atoms with E-state index in [0.29, 0.717) is 34.4 Å². The van der Waals surface area contributed by atoms with E-state index >= 15 is 0 Å². The number of pyridine rings is 1. The second kappa shape index (κ2) is 7.53. The minimum atomic E-state index is -0.961. The highest BCUT2D eigenvalue weighted by molar-refractivity contribution is 5.84. The van der Waals surface area contributed by atoms with Gasteiger partial charge >= 0.3 is 5.97 Å². The highest BCUT2D eigenvalue weighted by Crippen LogP contribution is 2.24. The van der Waals surface area contributed by atoms with Gasteiger partial charge < -0.3 is 19.1 Å². The van der Waals surface area contributed by atoms with Gasteiger partial charge in [-0.3, -0.25) is 9.59 Å². The molecule has 3 aromatic rings. The van der Waals surface area contributed by atoms with Crippen molar-refractivity contribution in [2.24, 2.45) is 0 Å². The number of rotatable bonds is 6. The Labute approximate surface area is 156 Å². The molecule has 0 saturated carbocycles. The second-order valence-electron chi connectivity index (χ2n) is 6.37. The summed E-state index contributed by atoms with van der Waals surface area (Å²) in [5.41, 5.74) is 2.77. The molecule has 2 aromatic carbocycles. The summed E-state index contributed by atoms with van der Waals surface area (Å²) < 4.78 is 12.2. The zero-order valence-corrected chi connectivity index (χ0v) is 15.5. The molecule has 3 rings (SSSR count). The fourth-order valence-electron chi connectivity index (χ4n) is 3.29. The van der Waals surface area contributed by atoms with Gasteiger partial charge in [0.15, 0.2) is 5.43 Å². The number of aromatic nitrogens is 1. The molecular formula is C21H21NO5. The average molecular weight is 367 g/mol. The van der Waals surface area contributed by atoms with E-state index in [9.17, 15) is 14.7 Å². The lowest BCUT2D eigenvalue weighted by atomic mass is 10.0. The molecule has 140 valence electrons. The molecule has 1 heterocycles. The minimum Gasteiger partial charge on any atom is -0.497 e. The van der Waals surface area contributed by atoms with Crippen LogP contribution in [0.4, 0.5) is 0 Å². The van der Waals surface area contributed by atoms with Crippen molar-refractivity contribution < 1.29 is 19.4 Å². The molecule has 0 fully saturated rings. The molecule has 0 amide bonds. The SMILES string of the molecule is COc1cc(Cc2cn(CC(=O)O)c3c(C)cccc3c2=O)cc(OC)c1. The predicted octanol–water partition coefficient (Wildman–Crippen LogP) is 3.00. The topological polar surface area (TPSA) is 77.8 Å². The summed E-state index contributed by atoms with van der Waals surface area (Å²) in [7, 11) is 3.13. The van der Waals surface area contributed by atoms with E-state index in [2.05, 4.69) is 0 Å². The quantitative estimate of drug-likeness (QED) is 0.725. The van der Waals surface area contributed by atoms with Crippen molar-refractivity contribution in [2.45, 2.75) is 19.9 Å². The van der Waals surface area contributed by atoms with Crippen LogP contribution in [0, 0.1) is 6.92 Å². The van der Waals surface area contributed by atoms with Gasteiger partial charge in [-0.1, -0.05) is 12.1 Å². The van der Waals surface area contributed by atoms with E-state index in [1.165, 1.54) is 0 Å². The molecule has 0 unspecified atom stereocenters. The van der Waals surface area contributed by atoms with E-state index in [1.807, 2.05) is 31.2 Å². The van der Waals surface area contributed by atoms with E-state index < -0.39 is 5.97 Å². The lowest BCUT2D eigenvalue weighted by Gasteiger charge is -2.14. The smallest absolute Gasteiger partial charge is 0.323 e. The molecule has 1 aromatic heterocycles. The number of carbonyl (C=O) groups is 1. The number of nitrogens with zero attached hydrogens (tertiary/aromatic N) is 1. The molecule has 0 saturated heterocycles. The maximum absolute atomic E-state index is 13.0. The van der Waals surface area contributed by atoms with Crippen LogP contribution in [0.15, 0.2) is 47.4 Å². The van der Waals surface area contributed by atoms with Crippen LogP contribution in [-0.2, 0) is 17.8 Å². The Morgan fingerprint density at radius 2 is 1.78 bits per heavy atom. The number of carboxylic acid groups (broad SMARTS) is 1. The summed E-state index contributed by atoms with van der Waals surface area (Å²) >= 11 is 0. The first kappa shape index (κ1) is 18.5. The maximum Gasteiger partial charge on any atom is 0.323 e. The molecule has 27 heavy (non-hydrogen) atoms. The zero-order chi connectivity index (χ0) is 19.6. The summed E-state index contributed by atoms with van der Waals surface area (Å²) in [5, 5.41) is 9.79. The summed E-state index contributed by atoms with van der Waals surface area (Å²) in [6.45, 7) is 1.66. The number of carboxylic acids is 1. The largest absolute Gasteiger partial charge is 0.497 e. The van der Waals surface area contributed by atoms with Crippen LogP contribution in [-0.4, -0.2) is 29.9 Å². The number of ether oxygens (including phenoxy) is 2. The van der Waals surface area contributed by atoms with Gasteiger partial charge in [0.1, 0.15) is 18.0 Å². The van der Waals surface area contributed by atoms with Gasteiger partial charge in [-0.15, -0.1) is 0 Å². The van der Waals surface area contributed by atoms with Crippen molar-refractivity contribution in [3.05, 3.63) is 69.5 Å². The Balaban J connectivity index is 2.16. The predicted molar refractivity (Wildman–Crippen MR) is 103 cm³/mol. The van der Waals surface area contributed by atoms with Crippen molar-refractivity contribution in [3.8, 4) is 11.5 Å². The molecule has 1 N–H and O–H groups in total. The lowest BCUT2D eigenvalue weighted by molar-refractivity contribution is -0.137. The van der Waals surface area contributed by atoms with Crippen molar-refractivity contribution in [1.29, 1.82) is 0 Å². The van der Waals surface area contributed by atoms with Crippen molar-refractivity contribution in [3.63, 3.8) is 0 Å². The zero-order valence-electron chi connectivity index (χ0n) is 15.5. The van der Waals surface area contributed by atoms with Crippen molar-refractivity contribution >= 4 is 16.9 Å². The molecule has 6 nitrogen and oxygen atoms in total. The van der Waals surface area contributed by atoms with Gasteiger partial charge in [0.25, 0.3) is 0 Å². The van der Waals surface area contributed by atoms with Crippen LogP contribution in [0.3, 0.4) is 0 Å².